The number of halogens is 1. The molecular weight excluding hydrogens is 275 g/mol. The quantitative estimate of drug-likeness (QED) is 0.758. The number of primary sulfonamides is 1. The van der Waals surface area contributed by atoms with Crippen molar-refractivity contribution in [2.45, 2.75) is 4.90 Å². The first-order chi connectivity index (χ1) is 8.88. The van der Waals surface area contributed by atoms with Gasteiger partial charge < -0.3 is 5.32 Å². The second-order valence-electron chi connectivity index (χ2n) is 3.63. The molecule has 1 aromatic heterocycles. The summed E-state index contributed by atoms with van der Waals surface area (Å²) in [5.41, 5.74) is -0.0571. The van der Waals surface area contributed by atoms with Crippen molar-refractivity contribution < 1.29 is 17.6 Å². The average Bonchev–Trinajstić information content (AvgIpc) is 2.80. The molecule has 9 heteroatoms. The molecule has 1 amide bonds. The molecule has 2 rings (SSSR count). The van der Waals surface area contributed by atoms with Crippen LogP contribution in [0, 0.1) is 5.82 Å². The minimum atomic E-state index is -4.07. The van der Waals surface area contributed by atoms with Gasteiger partial charge in [-0.15, -0.1) is 0 Å². The van der Waals surface area contributed by atoms with E-state index in [1.54, 1.807) is 0 Å². The van der Waals surface area contributed by atoms with E-state index in [9.17, 15) is 17.6 Å². The Balaban J connectivity index is 2.39. The first-order valence-electron chi connectivity index (χ1n) is 5.00. The van der Waals surface area contributed by atoms with Crippen LogP contribution < -0.4 is 10.5 Å². The zero-order valence-electron chi connectivity index (χ0n) is 9.42. The van der Waals surface area contributed by atoms with Gasteiger partial charge in [0.05, 0.1) is 17.4 Å². The third-order valence-electron chi connectivity index (χ3n) is 2.26. The number of nitrogens with zero attached hydrogens (tertiary/aromatic N) is 1. The number of carbonyl (C=O) groups excluding carboxylic acids is 1. The third kappa shape index (κ3) is 2.95. The summed E-state index contributed by atoms with van der Waals surface area (Å²) in [5.74, 6) is -1.33. The molecule has 19 heavy (non-hydrogen) atoms. The summed E-state index contributed by atoms with van der Waals surface area (Å²) >= 11 is 0. The summed E-state index contributed by atoms with van der Waals surface area (Å²) in [6.07, 6.45) is 2.55. The Morgan fingerprint density at radius 2 is 2.16 bits per heavy atom. The van der Waals surface area contributed by atoms with Crippen LogP contribution in [0.25, 0.3) is 0 Å². The molecule has 0 bridgehead atoms. The van der Waals surface area contributed by atoms with Crippen molar-refractivity contribution in [1.29, 1.82) is 0 Å². The predicted molar refractivity (Wildman–Crippen MR) is 64.3 cm³/mol. The van der Waals surface area contributed by atoms with Crippen LogP contribution in [-0.2, 0) is 10.0 Å². The number of aromatic nitrogens is 2. The van der Waals surface area contributed by atoms with Crippen LogP contribution in [0.5, 0.6) is 0 Å². The Kier molecular flexibility index (Phi) is 3.32. The number of hydrogen-bond donors (Lipinski definition) is 3. The largest absolute Gasteiger partial charge is 0.321 e. The van der Waals surface area contributed by atoms with Crippen molar-refractivity contribution >= 4 is 21.6 Å². The lowest BCUT2D eigenvalue weighted by molar-refractivity contribution is 0.102. The predicted octanol–water partition coefficient (Wildman–Crippen LogP) is 0.449. The summed E-state index contributed by atoms with van der Waals surface area (Å²) in [6, 6.07) is 2.79. The molecule has 1 heterocycles. The lowest BCUT2D eigenvalue weighted by atomic mass is 10.3. The molecule has 4 N–H and O–H groups in total. The summed E-state index contributed by atoms with van der Waals surface area (Å²) in [5, 5.41) is 13.2. The van der Waals surface area contributed by atoms with Crippen LogP contribution in [0.4, 0.5) is 10.1 Å². The first kappa shape index (κ1) is 13.2. The molecule has 2 aromatic rings. The molecule has 0 aliphatic heterocycles. The smallest absolute Gasteiger partial charge is 0.258 e. The molecule has 0 fully saturated rings. The van der Waals surface area contributed by atoms with E-state index in [4.69, 9.17) is 5.14 Å². The number of aromatic amines is 1. The Morgan fingerprint density at radius 3 is 2.74 bits per heavy atom. The number of amides is 1. The fourth-order valence-corrected chi connectivity index (χ4v) is 2.09. The minimum absolute atomic E-state index is 0.171. The molecule has 0 atom stereocenters. The van der Waals surface area contributed by atoms with E-state index >= 15 is 0 Å². The second kappa shape index (κ2) is 4.78. The zero-order valence-corrected chi connectivity index (χ0v) is 10.2. The van der Waals surface area contributed by atoms with Gasteiger partial charge in [0, 0.05) is 6.20 Å². The number of benzene rings is 1. The number of anilines is 1. The number of nitrogens with one attached hydrogen (secondary N) is 2. The van der Waals surface area contributed by atoms with Gasteiger partial charge in [-0.05, 0) is 18.2 Å². The minimum Gasteiger partial charge on any atom is -0.321 e. The van der Waals surface area contributed by atoms with Crippen LogP contribution in [0.3, 0.4) is 0 Å². The molecule has 1 aromatic carbocycles. The highest BCUT2D eigenvalue weighted by Gasteiger charge is 2.17. The van der Waals surface area contributed by atoms with Gasteiger partial charge in [-0.3, -0.25) is 9.89 Å². The summed E-state index contributed by atoms with van der Waals surface area (Å²) in [4.78, 5) is 11.4. The van der Waals surface area contributed by atoms with Gasteiger partial charge in [-0.25, -0.2) is 17.9 Å². The van der Waals surface area contributed by atoms with E-state index in [1.807, 2.05) is 0 Å². The van der Waals surface area contributed by atoms with E-state index in [0.29, 0.717) is 0 Å². The lowest BCUT2D eigenvalue weighted by Crippen LogP contribution is -2.18. The topological polar surface area (TPSA) is 118 Å². The van der Waals surface area contributed by atoms with Gasteiger partial charge in [0.2, 0.25) is 10.0 Å². The highest BCUT2D eigenvalue weighted by molar-refractivity contribution is 7.89. The highest BCUT2D eigenvalue weighted by atomic mass is 32.2. The maximum absolute atomic E-state index is 13.1. The first-order valence-corrected chi connectivity index (χ1v) is 6.55. The van der Waals surface area contributed by atoms with Crippen molar-refractivity contribution in [3.63, 3.8) is 0 Å². The van der Waals surface area contributed by atoms with Crippen molar-refractivity contribution in [2.75, 3.05) is 5.32 Å². The van der Waals surface area contributed by atoms with Gasteiger partial charge in [0.15, 0.2) is 0 Å². The normalized spacial score (nSPS) is 11.3. The van der Waals surface area contributed by atoms with E-state index < -0.39 is 21.7 Å². The Bertz CT molecular complexity index is 712. The zero-order chi connectivity index (χ0) is 14.0. The monoisotopic (exact) mass is 284 g/mol. The Labute approximate surface area is 107 Å². The molecule has 0 saturated heterocycles. The molecule has 0 spiro atoms. The van der Waals surface area contributed by atoms with Crippen LogP contribution in [0.15, 0.2) is 35.5 Å². The maximum atomic E-state index is 13.1. The van der Waals surface area contributed by atoms with Crippen LogP contribution in [0.2, 0.25) is 0 Å². The number of sulfonamides is 1. The molecule has 0 unspecified atom stereocenters. The number of nitrogens with two attached hydrogens (primary N) is 1. The molecule has 0 radical (unpaired) electrons. The van der Waals surface area contributed by atoms with Gasteiger partial charge in [0.1, 0.15) is 10.7 Å². The highest BCUT2D eigenvalue weighted by Crippen LogP contribution is 2.21. The third-order valence-corrected chi connectivity index (χ3v) is 3.23. The lowest BCUT2D eigenvalue weighted by Gasteiger charge is -2.08. The van der Waals surface area contributed by atoms with Crippen LogP contribution in [0.1, 0.15) is 10.4 Å². The van der Waals surface area contributed by atoms with E-state index in [-0.39, 0.29) is 16.1 Å². The average molecular weight is 284 g/mol. The standard InChI is InChI=1S/C10H9FN4O3S/c11-7-1-2-9(19(12,17)18)8(3-7)15-10(16)6-4-13-14-5-6/h1-5H,(H,13,14)(H,15,16)(H2,12,17,18). The van der Waals surface area contributed by atoms with Gasteiger partial charge >= 0.3 is 0 Å². The van der Waals surface area contributed by atoms with Crippen molar-refractivity contribution in [3.8, 4) is 0 Å². The number of hydrogen-bond acceptors (Lipinski definition) is 4. The summed E-state index contributed by atoms with van der Waals surface area (Å²) < 4.78 is 35.8. The van der Waals surface area contributed by atoms with Gasteiger partial charge in [0.25, 0.3) is 5.91 Å². The van der Waals surface area contributed by atoms with Crippen molar-refractivity contribution in [2.24, 2.45) is 5.14 Å². The summed E-state index contributed by atoms with van der Waals surface area (Å²) in [6.45, 7) is 0. The molecule has 100 valence electrons. The van der Waals surface area contributed by atoms with E-state index in [2.05, 4.69) is 15.5 Å². The molecule has 0 saturated carbocycles. The van der Waals surface area contributed by atoms with E-state index in [1.165, 1.54) is 12.4 Å². The molecule has 0 aliphatic carbocycles. The second-order valence-corrected chi connectivity index (χ2v) is 5.16. The maximum Gasteiger partial charge on any atom is 0.258 e. The fraction of sp³-hybridized carbons (Fsp3) is 0. The Hall–Kier alpha value is -2.26. The van der Waals surface area contributed by atoms with Crippen LogP contribution in [-0.4, -0.2) is 24.5 Å². The fourth-order valence-electron chi connectivity index (χ4n) is 1.42. The SMILES string of the molecule is NS(=O)(=O)c1ccc(F)cc1NC(=O)c1cn[nH]c1. The van der Waals surface area contributed by atoms with Crippen molar-refractivity contribution in [3.05, 3.63) is 42.0 Å². The van der Waals surface area contributed by atoms with E-state index in [0.717, 1.165) is 18.2 Å². The van der Waals surface area contributed by atoms with Crippen LogP contribution >= 0.6 is 0 Å². The number of rotatable bonds is 3. The summed E-state index contributed by atoms with van der Waals surface area (Å²) in [7, 11) is -4.07. The number of carbonyl (C=O) groups is 1. The molecular formula is C10H9FN4O3S. The molecule has 0 aliphatic rings. The van der Waals surface area contributed by atoms with Crippen molar-refractivity contribution in [1.82, 2.24) is 10.2 Å². The van der Waals surface area contributed by atoms with Gasteiger partial charge in [-0.1, -0.05) is 0 Å². The Morgan fingerprint density at radius 1 is 1.42 bits per heavy atom. The van der Waals surface area contributed by atoms with Gasteiger partial charge in [-0.2, -0.15) is 5.10 Å². The number of H-pyrrole nitrogens is 1. The molecule has 7 nitrogen and oxygen atoms in total.